The van der Waals surface area contributed by atoms with Gasteiger partial charge < -0.3 is 9.80 Å². The summed E-state index contributed by atoms with van der Waals surface area (Å²) in [5, 5.41) is 0. The number of aromatic nitrogens is 1. The lowest BCUT2D eigenvalue weighted by atomic mass is 10.0. The fraction of sp³-hybridized carbons (Fsp3) is 0.500. The van der Waals surface area contributed by atoms with Crippen molar-refractivity contribution in [1.82, 2.24) is 4.98 Å². The van der Waals surface area contributed by atoms with Crippen molar-refractivity contribution in [1.29, 1.82) is 0 Å². The van der Waals surface area contributed by atoms with Gasteiger partial charge in [0.1, 0.15) is 0 Å². The van der Waals surface area contributed by atoms with Crippen LogP contribution in [0.4, 0.5) is 11.5 Å². The maximum Gasteiger partial charge on any atom is 0.230 e. The zero-order valence-electron chi connectivity index (χ0n) is 12.4. The van der Waals surface area contributed by atoms with E-state index in [-0.39, 0.29) is 11.8 Å². The Morgan fingerprint density at radius 2 is 2.20 bits per heavy atom. The van der Waals surface area contributed by atoms with Crippen LogP contribution < -0.4 is 9.80 Å². The summed E-state index contributed by atoms with van der Waals surface area (Å²) in [6, 6.07) is 3.88. The van der Waals surface area contributed by atoms with Gasteiger partial charge in [-0.2, -0.15) is 0 Å². The van der Waals surface area contributed by atoms with Gasteiger partial charge in [0.2, 0.25) is 5.91 Å². The van der Waals surface area contributed by atoms with Crippen LogP contribution in [-0.2, 0) is 4.79 Å². The van der Waals surface area contributed by atoms with Crippen LogP contribution in [-0.4, -0.2) is 30.5 Å². The van der Waals surface area contributed by atoms with Gasteiger partial charge in [-0.1, -0.05) is 19.9 Å². The molecule has 1 aromatic heterocycles. The van der Waals surface area contributed by atoms with Crippen molar-refractivity contribution in [2.75, 3.05) is 29.4 Å². The third-order valence-corrected chi connectivity index (χ3v) is 3.90. The number of carbonyl (C=O) groups is 1. The Labute approximate surface area is 121 Å². The molecular weight excluding hydrogens is 250 g/mol. The summed E-state index contributed by atoms with van der Waals surface area (Å²) >= 11 is 0. The molecule has 20 heavy (non-hydrogen) atoms. The fourth-order valence-electron chi connectivity index (χ4n) is 2.71. The minimum absolute atomic E-state index is 0.106. The van der Waals surface area contributed by atoms with Gasteiger partial charge in [0, 0.05) is 31.7 Å². The molecule has 108 valence electrons. The zero-order valence-corrected chi connectivity index (χ0v) is 12.4. The van der Waals surface area contributed by atoms with Crippen molar-refractivity contribution in [3.05, 3.63) is 31.0 Å². The molecule has 1 amide bonds. The molecule has 0 radical (unpaired) electrons. The molecule has 0 atom stereocenters. The first-order valence-corrected chi connectivity index (χ1v) is 7.35. The minimum Gasteiger partial charge on any atom is -0.349 e. The molecule has 1 aliphatic rings. The first kappa shape index (κ1) is 14.6. The lowest BCUT2D eigenvalue weighted by Gasteiger charge is -2.37. The number of anilines is 2. The zero-order chi connectivity index (χ0) is 14.5. The van der Waals surface area contributed by atoms with Crippen molar-refractivity contribution in [2.45, 2.75) is 26.7 Å². The van der Waals surface area contributed by atoms with E-state index in [1.54, 1.807) is 6.20 Å². The van der Waals surface area contributed by atoms with Gasteiger partial charge in [-0.25, -0.2) is 4.98 Å². The first-order valence-electron chi connectivity index (χ1n) is 7.35. The lowest BCUT2D eigenvalue weighted by Crippen LogP contribution is -2.46. The molecule has 4 nitrogen and oxygen atoms in total. The molecule has 0 unspecified atom stereocenters. The Kier molecular flexibility index (Phi) is 4.77. The third kappa shape index (κ3) is 2.69. The molecule has 2 rings (SSSR count). The second kappa shape index (κ2) is 6.55. The summed E-state index contributed by atoms with van der Waals surface area (Å²) in [6.45, 7) is 10.2. The lowest BCUT2D eigenvalue weighted by molar-refractivity contribution is -0.122. The van der Waals surface area contributed by atoms with E-state index in [0.29, 0.717) is 0 Å². The highest BCUT2D eigenvalue weighted by atomic mass is 16.2. The van der Waals surface area contributed by atoms with Crippen molar-refractivity contribution >= 4 is 17.4 Å². The normalized spacial score (nSPS) is 14.3. The highest BCUT2D eigenvalue weighted by Gasteiger charge is 2.29. The van der Waals surface area contributed by atoms with Crippen LogP contribution >= 0.6 is 0 Å². The van der Waals surface area contributed by atoms with Crippen molar-refractivity contribution < 1.29 is 4.79 Å². The van der Waals surface area contributed by atoms with Crippen LogP contribution in [0.5, 0.6) is 0 Å². The van der Waals surface area contributed by atoms with E-state index in [1.807, 2.05) is 23.1 Å². The average molecular weight is 273 g/mol. The van der Waals surface area contributed by atoms with E-state index in [4.69, 9.17) is 0 Å². The van der Waals surface area contributed by atoms with Gasteiger partial charge in [0.15, 0.2) is 5.82 Å². The van der Waals surface area contributed by atoms with Crippen molar-refractivity contribution in [2.24, 2.45) is 5.92 Å². The van der Waals surface area contributed by atoms with Crippen LogP contribution in [0.3, 0.4) is 0 Å². The molecule has 0 aromatic carbocycles. The average Bonchev–Trinajstić information content (AvgIpc) is 2.49. The van der Waals surface area contributed by atoms with Crippen LogP contribution in [0, 0.1) is 5.92 Å². The maximum atomic E-state index is 12.6. The molecule has 0 N–H and O–H groups in total. The predicted molar refractivity (Wildman–Crippen MR) is 83.1 cm³/mol. The maximum absolute atomic E-state index is 12.6. The molecule has 1 aliphatic heterocycles. The highest BCUT2D eigenvalue weighted by molar-refractivity contribution is 5.98. The second-order valence-electron chi connectivity index (χ2n) is 5.08. The minimum atomic E-state index is 0.106. The third-order valence-electron chi connectivity index (χ3n) is 3.90. The molecule has 0 saturated heterocycles. The Morgan fingerprint density at radius 1 is 1.45 bits per heavy atom. The Bertz CT molecular complexity index is 482. The Hall–Kier alpha value is -1.84. The van der Waals surface area contributed by atoms with Gasteiger partial charge in [-0.3, -0.25) is 4.79 Å². The molecule has 0 aliphatic carbocycles. The van der Waals surface area contributed by atoms with Crippen molar-refractivity contribution in [3.63, 3.8) is 0 Å². The van der Waals surface area contributed by atoms with Crippen LogP contribution in [0.2, 0.25) is 0 Å². The Balaban J connectivity index is 2.31. The number of nitrogens with zero attached hydrogens (tertiary/aromatic N) is 3. The molecule has 0 fully saturated rings. The standard InChI is InChI=1S/C16H23N3O/c1-4-10-18-11-12-19(16(20)13(5-2)6-3)14-8-7-9-17-15(14)18/h4,7-9,13H,1,5-6,10-12H2,2-3H3. The van der Waals surface area contributed by atoms with E-state index in [0.717, 1.165) is 44.0 Å². The summed E-state index contributed by atoms with van der Waals surface area (Å²) in [6.07, 6.45) is 5.42. The molecule has 0 bridgehead atoms. The van der Waals surface area contributed by atoms with E-state index >= 15 is 0 Å². The van der Waals surface area contributed by atoms with Gasteiger partial charge in [-0.15, -0.1) is 6.58 Å². The number of fused-ring (bicyclic) bond motifs is 1. The summed E-state index contributed by atoms with van der Waals surface area (Å²) in [4.78, 5) is 21.2. The first-order chi connectivity index (χ1) is 9.72. The van der Waals surface area contributed by atoms with E-state index in [2.05, 4.69) is 30.3 Å². The van der Waals surface area contributed by atoms with E-state index in [1.165, 1.54) is 0 Å². The number of pyridine rings is 1. The summed E-state index contributed by atoms with van der Waals surface area (Å²) in [7, 11) is 0. The molecule has 2 heterocycles. The molecule has 0 spiro atoms. The van der Waals surface area contributed by atoms with Crippen molar-refractivity contribution in [3.8, 4) is 0 Å². The number of carbonyl (C=O) groups excluding carboxylic acids is 1. The van der Waals surface area contributed by atoms with Gasteiger partial charge in [0.25, 0.3) is 0 Å². The van der Waals surface area contributed by atoms with Gasteiger partial charge in [0.05, 0.1) is 5.69 Å². The number of hydrogen-bond acceptors (Lipinski definition) is 3. The van der Waals surface area contributed by atoms with Crippen LogP contribution in [0.1, 0.15) is 26.7 Å². The molecule has 4 heteroatoms. The largest absolute Gasteiger partial charge is 0.349 e. The van der Waals surface area contributed by atoms with Gasteiger partial charge >= 0.3 is 0 Å². The highest BCUT2D eigenvalue weighted by Crippen LogP contribution is 2.32. The van der Waals surface area contributed by atoms with E-state index < -0.39 is 0 Å². The van der Waals surface area contributed by atoms with Gasteiger partial charge in [-0.05, 0) is 25.0 Å². The smallest absolute Gasteiger partial charge is 0.230 e. The topological polar surface area (TPSA) is 36.4 Å². The summed E-state index contributed by atoms with van der Waals surface area (Å²) in [5.41, 5.74) is 0.928. The SMILES string of the molecule is C=CCN1CCN(C(=O)C(CC)CC)c2cccnc21. The van der Waals surface area contributed by atoms with Crippen LogP contribution in [0.25, 0.3) is 0 Å². The second-order valence-corrected chi connectivity index (χ2v) is 5.08. The molecule has 1 aromatic rings. The fourth-order valence-corrected chi connectivity index (χ4v) is 2.71. The number of rotatable bonds is 5. The number of hydrogen-bond donors (Lipinski definition) is 0. The molecular formula is C16H23N3O. The van der Waals surface area contributed by atoms with E-state index in [9.17, 15) is 4.79 Å². The Morgan fingerprint density at radius 3 is 2.85 bits per heavy atom. The molecule has 0 saturated carbocycles. The summed E-state index contributed by atoms with van der Waals surface area (Å²) < 4.78 is 0. The summed E-state index contributed by atoms with van der Waals surface area (Å²) in [5.74, 6) is 1.22. The quantitative estimate of drug-likeness (QED) is 0.774. The van der Waals surface area contributed by atoms with Crippen LogP contribution in [0.15, 0.2) is 31.0 Å². The number of amides is 1. The predicted octanol–water partition coefficient (Wildman–Crippen LogP) is 2.86. The monoisotopic (exact) mass is 273 g/mol.